The molecule has 212 valence electrons. The largest absolute Gasteiger partial charge is 0.461 e. The maximum atomic E-state index is 16.3. The van der Waals surface area contributed by atoms with E-state index in [4.69, 9.17) is 14.5 Å². The first kappa shape index (κ1) is 26.2. The maximum Gasteiger partial charge on any atom is 0.408 e. The van der Waals surface area contributed by atoms with Crippen molar-refractivity contribution in [2.45, 2.75) is 62.0 Å². The molecule has 1 N–H and O–H groups in total. The third-order valence-corrected chi connectivity index (χ3v) is 8.95. The minimum absolute atomic E-state index is 0.0196. The van der Waals surface area contributed by atoms with Crippen LogP contribution >= 0.6 is 9.24 Å². The Balaban J connectivity index is 1.31. The van der Waals surface area contributed by atoms with E-state index >= 15 is 4.39 Å². The normalized spacial score (nSPS) is 24.1. The molecule has 6 heterocycles. The second kappa shape index (κ2) is 9.96. The van der Waals surface area contributed by atoms with Gasteiger partial charge in [0.2, 0.25) is 0 Å². The molecule has 7 rings (SSSR count). The van der Waals surface area contributed by atoms with Crippen LogP contribution in [0.1, 0.15) is 38.5 Å². The topological polar surface area (TPSA) is 75.6 Å². The Labute approximate surface area is 232 Å². The summed E-state index contributed by atoms with van der Waals surface area (Å²) < 4.78 is 54.8. The van der Waals surface area contributed by atoms with Crippen LogP contribution in [0.3, 0.4) is 0 Å². The van der Waals surface area contributed by atoms with E-state index in [0.29, 0.717) is 29.9 Å². The molecule has 0 spiro atoms. The van der Waals surface area contributed by atoms with Gasteiger partial charge >= 0.3 is 11.9 Å². The van der Waals surface area contributed by atoms with E-state index in [0.717, 1.165) is 64.7 Å². The lowest BCUT2D eigenvalue weighted by molar-refractivity contribution is -0.0888. The summed E-state index contributed by atoms with van der Waals surface area (Å²) in [6, 6.07) is 6.85. The Kier molecular flexibility index (Phi) is 6.52. The zero-order valence-electron chi connectivity index (χ0n) is 22.1. The van der Waals surface area contributed by atoms with Crippen LogP contribution in [0.4, 0.5) is 19.0 Å². The molecule has 1 aromatic carbocycles. The Morgan fingerprint density at radius 3 is 2.52 bits per heavy atom. The molecule has 0 radical (unpaired) electrons. The third-order valence-electron chi connectivity index (χ3n) is 8.83. The summed E-state index contributed by atoms with van der Waals surface area (Å²) in [5.74, 6) is -3.84. The zero-order chi connectivity index (χ0) is 27.5. The number of nitrogens with one attached hydrogen (secondary N) is 1. The number of para-hydroxylation sites is 1. The molecule has 3 aromatic rings. The van der Waals surface area contributed by atoms with Crippen LogP contribution in [0.2, 0.25) is 0 Å². The number of ether oxygens (including phenoxy) is 2. The molecule has 8 nitrogen and oxygen atoms in total. The van der Waals surface area contributed by atoms with Gasteiger partial charge in [-0.15, -0.1) is 0 Å². The quantitative estimate of drug-likeness (QED) is 0.413. The number of piperazine rings is 1. The van der Waals surface area contributed by atoms with Crippen LogP contribution in [0.25, 0.3) is 22.2 Å². The van der Waals surface area contributed by atoms with E-state index in [1.54, 1.807) is 12.1 Å². The predicted octanol–water partition coefficient (Wildman–Crippen LogP) is 4.58. The average molecular weight is 573 g/mol. The number of hydrogen-bond donors (Lipinski definition) is 1. The van der Waals surface area contributed by atoms with Crippen LogP contribution in [-0.2, 0) is 0 Å². The highest BCUT2D eigenvalue weighted by molar-refractivity contribution is 7.17. The molecule has 3 atom stereocenters. The maximum absolute atomic E-state index is 16.3. The van der Waals surface area contributed by atoms with Gasteiger partial charge in [-0.3, -0.25) is 9.88 Å². The first-order chi connectivity index (χ1) is 19.3. The van der Waals surface area contributed by atoms with Crippen molar-refractivity contribution >= 4 is 26.0 Å². The standard InChI is InChI=1S/C28H32F3N6O2P/c29-22-23(19-5-1-2-6-21(19)39-28(30,31)40)32-13-20-24(22)34-26(38-16-27-9-3-11-37(27)12-4-10-27)35-25(20)36-14-17-7-8-18(15-36)33-17/h1-2,5-6,13,17-18,33H,3-4,7-12,14-16,40H2. The molecule has 4 fully saturated rings. The van der Waals surface area contributed by atoms with E-state index in [1.807, 2.05) is 0 Å². The van der Waals surface area contributed by atoms with E-state index < -0.39 is 11.7 Å². The highest BCUT2D eigenvalue weighted by Crippen LogP contribution is 2.41. The van der Waals surface area contributed by atoms with Crippen molar-refractivity contribution < 1.29 is 22.6 Å². The van der Waals surface area contributed by atoms with Gasteiger partial charge in [-0.2, -0.15) is 18.7 Å². The first-order valence-corrected chi connectivity index (χ1v) is 14.6. The van der Waals surface area contributed by atoms with Gasteiger partial charge in [0.1, 0.15) is 29.4 Å². The fraction of sp³-hybridized carbons (Fsp3) is 0.536. The van der Waals surface area contributed by atoms with Gasteiger partial charge in [0, 0.05) is 36.9 Å². The summed E-state index contributed by atoms with van der Waals surface area (Å²) in [4.78, 5) is 18.4. The molecule has 40 heavy (non-hydrogen) atoms. The number of benzene rings is 1. The third kappa shape index (κ3) is 4.76. The summed E-state index contributed by atoms with van der Waals surface area (Å²) >= 11 is 0. The van der Waals surface area contributed by atoms with Gasteiger partial charge in [0.25, 0.3) is 0 Å². The van der Waals surface area contributed by atoms with Gasteiger partial charge in [0.05, 0.1) is 10.9 Å². The number of halogens is 3. The van der Waals surface area contributed by atoms with E-state index in [1.165, 1.54) is 27.6 Å². The minimum Gasteiger partial charge on any atom is -0.461 e. The summed E-state index contributed by atoms with van der Waals surface area (Å²) in [7, 11) is 1.34. The van der Waals surface area contributed by atoms with Crippen molar-refractivity contribution in [1.82, 2.24) is 25.2 Å². The molecule has 0 amide bonds. The Morgan fingerprint density at radius 1 is 1.07 bits per heavy atom. The van der Waals surface area contributed by atoms with Gasteiger partial charge in [0.15, 0.2) is 5.82 Å². The summed E-state index contributed by atoms with van der Waals surface area (Å²) in [6.45, 7) is 4.06. The molecule has 12 heteroatoms. The summed E-state index contributed by atoms with van der Waals surface area (Å²) in [6.07, 6.45) is 8.09. The minimum atomic E-state index is -3.52. The number of alkyl halides is 2. The lowest BCUT2D eigenvalue weighted by atomic mass is 9.95. The van der Waals surface area contributed by atoms with Crippen LogP contribution in [0.5, 0.6) is 11.8 Å². The zero-order valence-corrected chi connectivity index (χ0v) is 23.2. The van der Waals surface area contributed by atoms with Crippen molar-refractivity contribution in [3.05, 3.63) is 36.3 Å². The molecule has 4 aliphatic heterocycles. The van der Waals surface area contributed by atoms with Crippen molar-refractivity contribution in [2.24, 2.45) is 0 Å². The molecular weight excluding hydrogens is 540 g/mol. The number of rotatable bonds is 7. The average Bonchev–Trinajstić information content (AvgIpc) is 3.61. The summed E-state index contributed by atoms with van der Waals surface area (Å²) in [5.41, 5.74) is 0.0207. The highest BCUT2D eigenvalue weighted by atomic mass is 31.0. The second-order valence-electron chi connectivity index (χ2n) is 11.4. The number of hydrogen-bond acceptors (Lipinski definition) is 8. The number of nitrogens with zero attached hydrogens (tertiary/aromatic N) is 5. The van der Waals surface area contributed by atoms with Crippen LogP contribution in [-0.4, -0.2) is 76.1 Å². The van der Waals surface area contributed by atoms with Crippen molar-refractivity contribution in [3.8, 4) is 23.0 Å². The fourth-order valence-corrected chi connectivity index (χ4v) is 7.17. The van der Waals surface area contributed by atoms with E-state index in [-0.39, 0.29) is 34.1 Å². The Hall–Kier alpha value is -2.75. The molecule has 2 aromatic heterocycles. The Bertz CT molecular complexity index is 1420. The van der Waals surface area contributed by atoms with Crippen molar-refractivity contribution in [2.75, 3.05) is 37.7 Å². The number of pyridine rings is 1. The molecule has 0 aliphatic carbocycles. The number of anilines is 1. The van der Waals surface area contributed by atoms with Crippen LogP contribution in [0, 0.1) is 5.82 Å². The molecule has 0 saturated carbocycles. The second-order valence-corrected chi connectivity index (χ2v) is 12.1. The van der Waals surface area contributed by atoms with E-state index in [2.05, 4.69) is 25.1 Å². The lowest BCUT2D eigenvalue weighted by Gasteiger charge is -2.34. The molecule has 4 saturated heterocycles. The fourth-order valence-electron chi connectivity index (χ4n) is 7.04. The predicted molar refractivity (Wildman–Crippen MR) is 148 cm³/mol. The molecule has 4 aliphatic rings. The van der Waals surface area contributed by atoms with Gasteiger partial charge < -0.3 is 19.7 Å². The number of aromatic nitrogens is 3. The molecule has 3 unspecified atom stereocenters. The van der Waals surface area contributed by atoms with Crippen molar-refractivity contribution in [1.29, 1.82) is 0 Å². The summed E-state index contributed by atoms with van der Waals surface area (Å²) in [5, 5.41) is 4.08. The smallest absolute Gasteiger partial charge is 0.408 e. The van der Waals surface area contributed by atoms with Crippen LogP contribution < -0.4 is 19.7 Å². The highest BCUT2D eigenvalue weighted by Gasteiger charge is 2.45. The monoisotopic (exact) mass is 572 g/mol. The molecule has 2 bridgehead atoms. The van der Waals surface area contributed by atoms with Crippen LogP contribution in [0.15, 0.2) is 30.5 Å². The first-order valence-electron chi connectivity index (χ1n) is 14.0. The van der Waals surface area contributed by atoms with E-state index in [9.17, 15) is 8.78 Å². The van der Waals surface area contributed by atoms with Gasteiger partial charge in [-0.25, -0.2) is 4.39 Å². The molecular formula is C28H32F3N6O2P. The SMILES string of the molecule is Fc1c(-c2ccccc2OC(F)(F)P)ncc2c(N3CC4CCC(C3)N4)nc(OCC34CCCN3CCC4)nc12. The van der Waals surface area contributed by atoms with Gasteiger partial charge in [-0.1, -0.05) is 12.1 Å². The number of fused-ring (bicyclic) bond motifs is 4. The van der Waals surface area contributed by atoms with Gasteiger partial charge in [-0.05, 0) is 73.0 Å². The van der Waals surface area contributed by atoms with Crippen molar-refractivity contribution in [3.63, 3.8) is 0 Å². The lowest BCUT2D eigenvalue weighted by Crippen LogP contribution is -2.51. The Morgan fingerprint density at radius 2 is 1.80 bits per heavy atom.